The molecule has 78 valence electrons. The fraction of sp³-hybridized carbons (Fsp3) is 0.700. The molecule has 2 atom stereocenters. The van der Waals surface area contributed by atoms with Crippen molar-refractivity contribution in [2.75, 3.05) is 0 Å². The first-order chi connectivity index (χ1) is 6.86. The Kier molecular flexibility index (Phi) is 3.50. The monoisotopic (exact) mass is 211 g/mol. The topological polar surface area (TPSA) is 50.9 Å². The zero-order valence-corrected chi connectivity index (χ0v) is 9.09. The zero-order valence-electron chi connectivity index (χ0n) is 8.28. The minimum Gasteiger partial charge on any atom is -0.326 e. The van der Waals surface area contributed by atoms with Crippen LogP contribution >= 0.6 is 11.3 Å². The van der Waals surface area contributed by atoms with Crippen LogP contribution in [0, 0.1) is 0 Å². The average Bonchev–Trinajstić information content (AvgIpc) is 2.69. The number of aromatic nitrogens is 1. The molecular weight excluding hydrogens is 194 g/mol. The van der Waals surface area contributed by atoms with E-state index in [0.717, 1.165) is 6.54 Å². The fourth-order valence-corrected chi connectivity index (χ4v) is 2.52. The van der Waals surface area contributed by atoms with Crippen molar-refractivity contribution in [1.82, 2.24) is 10.3 Å². The number of nitrogens with two attached hydrogens (primary N) is 1. The van der Waals surface area contributed by atoms with E-state index in [1.807, 2.05) is 11.7 Å². The Morgan fingerprint density at radius 2 is 2.36 bits per heavy atom. The molecule has 0 unspecified atom stereocenters. The second-order valence-electron chi connectivity index (χ2n) is 3.90. The van der Waals surface area contributed by atoms with Gasteiger partial charge in [0.05, 0.1) is 5.51 Å². The summed E-state index contributed by atoms with van der Waals surface area (Å²) in [6.45, 7) is 0.920. The van der Waals surface area contributed by atoms with Gasteiger partial charge in [-0.3, -0.25) is 4.98 Å². The van der Waals surface area contributed by atoms with E-state index >= 15 is 0 Å². The SMILES string of the molecule is N[C@@H]1CCCC[C@@H]1NCc1cncs1. The molecule has 0 saturated heterocycles. The summed E-state index contributed by atoms with van der Waals surface area (Å²) in [5.74, 6) is 0. The summed E-state index contributed by atoms with van der Waals surface area (Å²) in [6.07, 6.45) is 6.92. The smallest absolute Gasteiger partial charge is 0.0794 e. The van der Waals surface area contributed by atoms with Gasteiger partial charge < -0.3 is 11.1 Å². The van der Waals surface area contributed by atoms with E-state index in [4.69, 9.17) is 5.73 Å². The first-order valence-electron chi connectivity index (χ1n) is 5.22. The Bertz CT molecular complexity index is 260. The first-order valence-corrected chi connectivity index (χ1v) is 6.10. The minimum absolute atomic E-state index is 0.344. The van der Waals surface area contributed by atoms with Gasteiger partial charge in [0.1, 0.15) is 0 Å². The summed E-state index contributed by atoms with van der Waals surface area (Å²) in [5.41, 5.74) is 7.92. The van der Waals surface area contributed by atoms with Crippen LogP contribution in [0.2, 0.25) is 0 Å². The lowest BCUT2D eigenvalue weighted by Crippen LogP contribution is -2.46. The molecule has 0 aromatic carbocycles. The summed E-state index contributed by atoms with van der Waals surface area (Å²) in [6, 6.07) is 0.850. The van der Waals surface area contributed by atoms with Crippen molar-refractivity contribution in [3.05, 3.63) is 16.6 Å². The van der Waals surface area contributed by atoms with Crippen LogP contribution in [0.1, 0.15) is 30.6 Å². The molecule has 0 aliphatic heterocycles. The van der Waals surface area contributed by atoms with E-state index in [2.05, 4.69) is 10.3 Å². The number of nitrogens with one attached hydrogen (secondary N) is 1. The molecule has 1 fully saturated rings. The van der Waals surface area contributed by atoms with E-state index in [1.165, 1.54) is 30.6 Å². The second kappa shape index (κ2) is 4.87. The molecule has 0 amide bonds. The molecule has 1 aliphatic carbocycles. The number of thiazole rings is 1. The van der Waals surface area contributed by atoms with Gasteiger partial charge in [-0.05, 0) is 12.8 Å². The predicted molar refractivity (Wildman–Crippen MR) is 59.2 cm³/mol. The maximum Gasteiger partial charge on any atom is 0.0794 e. The molecular formula is C10H17N3S. The lowest BCUT2D eigenvalue weighted by atomic mass is 9.91. The summed E-state index contributed by atoms with van der Waals surface area (Å²) in [7, 11) is 0. The third kappa shape index (κ3) is 2.53. The molecule has 1 aromatic rings. The summed E-state index contributed by atoms with van der Waals surface area (Å²) in [5, 5.41) is 3.52. The quantitative estimate of drug-likeness (QED) is 0.796. The minimum atomic E-state index is 0.344. The molecule has 0 spiro atoms. The van der Waals surface area contributed by atoms with E-state index in [-0.39, 0.29) is 0 Å². The molecule has 2 rings (SSSR count). The normalized spacial score (nSPS) is 27.8. The van der Waals surface area contributed by atoms with Gasteiger partial charge in [0.25, 0.3) is 0 Å². The Labute approximate surface area is 88.7 Å². The van der Waals surface area contributed by atoms with Crippen molar-refractivity contribution < 1.29 is 0 Å². The highest BCUT2D eigenvalue weighted by atomic mass is 32.1. The van der Waals surface area contributed by atoms with Crippen LogP contribution in [-0.2, 0) is 6.54 Å². The number of nitrogens with zero attached hydrogens (tertiary/aromatic N) is 1. The van der Waals surface area contributed by atoms with E-state index in [0.29, 0.717) is 12.1 Å². The molecule has 4 heteroatoms. The zero-order chi connectivity index (χ0) is 9.80. The third-order valence-corrected chi connectivity index (χ3v) is 3.62. The van der Waals surface area contributed by atoms with Crippen LogP contribution in [0.4, 0.5) is 0 Å². The molecule has 1 aromatic heterocycles. The number of hydrogen-bond donors (Lipinski definition) is 2. The van der Waals surface area contributed by atoms with Gasteiger partial charge in [-0.25, -0.2) is 0 Å². The van der Waals surface area contributed by atoms with Crippen molar-refractivity contribution in [3.8, 4) is 0 Å². The Morgan fingerprint density at radius 1 is 1.50 bits per heavy atom. The Hall–Kier alpha value is -0.450. The molecule has 3 nitrogen and oxygen atoms in total. The van der Waals surface area contributed by atoms with Crippen molar-refractivity contribution in [3.63, 3.8) is 0 Å². The van der Waals surface area contributed by atoms with Gasteiger partial charge >= 0.3 is 0 Å². The van der Waals surface area contributed by atoms with Crippen molar-refractivity contribution in [1.29, 1.82) is 0 Å². The van der Waals surface area contributed by atoms with E-state index < -0.39 is 0 Å². The van der Waals surface area contributed by atoms with Gasteiger partial charge in [-0.15, -0.1) is 11.3 Å². The predicted octanol–water partition coefficient (Wildman–Crippen LogP) is 1.50. The van der Waals surface area contributed by atoms with Crippen molar-refractivity contribution in [2.45, 2.75) is 44.3 Å². The van der Waals surface area contributed by atoms with Crippen LogP contribution in [-0.4, -0.2) is 17.1 Å². The number of rotatable bonds is 3. The lowest BCUT2D eigenvalue weighted by molar-refractivity contribution is 0.327. The third-order valence-electron chi connectivity index (χ3n) is 2.84. The highest BCUT2D eigenvalue weighted by Crippen LogP contribution is 2.17. The van der Waals surface area contributed by atoms with Crippen LogP contribution < -0.4 is 11.1 Å². The molecule has 0 bridgehead atoms. The molecule has 1 aliphatic rings. The number of hydrogen-bond acceptors (Lipinski definition) is 4. The highest BCUT2D eigenvalue weighted by Gasteiger charge is 2.20. The fourth-order valence-electron chi connectivity index (χ4n) is 1.97. The summed E-state index contributed by atoms with van der Waals surface area (Å²) >= 11 is 1.70. The Balaban J connectivity index is 1.79. The molecule has 3 N–H and O–H groups in total. The maximum atomic E-state index is 6.04. The van der Waals surface area contributed by atoms with E-state index in [9.17, 15) is 0 Å². The molecule has 1 heterocycles. The molecule has 1 saturated carbocycles. The second-order valence-corrected chi connectivity index (χ2v) is 4.87. The van der Waals surface area contributed by atoms with Gasteiger partial charge in [-0.2, -0.15) is 0 Å². The van der Waals surface area contributed by atoms with Gasteiger partial charge in [0.2, 0.25) is 0 Å². The van der Waals surface area contributed by atoms with Crippen LogP contribution in [0.5, 0.6) is 0 Å². The van der Waals surface area contributed by atoms with E-state index in [1.54, 1.807) is 11.3 Å². The van der Waals surface area contributed by atoms with Crippen LogP contribution in [0.3, 0.4) is 0 Å². The maximum absolute atomic E-state index is 6.04. The molecule has 0 radical (unpaired) electrons. The van der Waals surface area contributed by atoms with Crippen molar-refractivity contribution >= 4 is 11.3 Å². The highest BCUT2D eigenvalue weighted by molar-refractivity contribution is 7.09. The standard InChI is InChI=1S/C10H17N3S/c11-9-3-1-2-4-10(9)13-6-8-5-12-7-14-8/h5,7,9-10,13H,1-4,6,11H2/t9-,10+/m1/s1. The summed E-state index contributed by atoms with van der Waals surface area (Å²) in [4.78, 5) is 5.35. The van der Waals surface area contributed by atoms with Gasteiger partial charge in [0.15, 0.2) is 0 Å². The lowest BCUT2D eigenvalue weighted by Gasteiger charge is -2.29. The molecule has 14 heavy (non-hydrogen) atoms. The van der Waals surface area contributed by atoms with Crippen LogP contribution in [0.25, 0.3) is 0 Å². The van der Waals surface area contributed by atoms with Crippen LogP contribution in [0.15, 0.2) is 11.7 Å². The summed E-state index contributed by atoms with van der Waals surface area (Å²) < 4.78 is 0. The average molecular weight is 211 g/mol. The van der Waals surface area contributed by atoms with Crippen molar-refractivity contribution in [2.24, 2.45) is 5.73 Å². The first kappa shape index (κ1) is 10.1. The Morgan fingerprint density at radius 3 is 3.07 bits per heavy atom. The largest absolute Gasteiger partial charge is 0.326 e. The van der Waals surface area contributed by atoms with Gasteiger partial charge in [0, 0.05) is 29.7 Å². The van der Waals surface area contributed by atoms with Gasteiger partial charge in [-0.1, -0.05) is 12.8 Å².